The normalized spacial score (nSPS) is 23.7. The van der Waals surface area contributed by atoms with Gasteiger partial charge in [0.25, 0.3) is 0 Å². The Morgan fingerprint density at radius 3 is 2.64 bits per heavy atom. The van der Waals surface area contributed by atoms with Crippen LogP contribution in [0.4, 0.5) is 0 Å². The van der Waals surface area contributed by atoms with Gasteiger partial charge in [0.05, 0.1) is 12.5 Å². The first-order valence-corrected chi connectivity index (χ1v) is 8.27. The van der Waals surface area contributed by atoms with Gasteiger partial charge in [-0.3, -0.25) is 4.79 Å². The summed E-state index contributed by atoms with van der Waals surface area (Å²) in [6.07, 6.45) is -0.267. The van der Waals surface area contributed by atoms with Crippen LogP contribution in [0.1, 0.15) is 6.42 Å². The van der Waals surface area contributed by atoms with Gasteiger partial charge in [0, 0.05) is 0 Å². The van der Waals surface area contributed by atoms with Crippen molar-refractivity contribution in [3.05, 3.63) is 0 Å². The van der Waals surface area contributed by atoms with Crippen molar-refractivity contribution in [2.24, 2.45) is 5.92 Å². The third-order valence-corrected chi connectivity index (χ3v) is 2.85. The van der Waals surface area contributed by atoms with E-state index in [1.807, 2.05) is 0 Å². The number of carbonyl (C=O) groups is 1. The molecule has 1 saturated heterocycles. The molecule has 1 aliphatic rings. The Balaban J connectivity index is 2.60. The van der Waals surface area contributed by atoms with E-state index in [-0.39, 0.29) is 5.97 Å². The molecule has 3 nitrogen and oxygen atoms in total. The minimum atomic E-state index is -1.47. The summed E-state index contributed by atoms with van der Waals surface area (Å²) in [5.41, 5.74) is 3.05. The van der Waals surface area contributed by atoms with Gasteiger partial charge >= 0.3 is 5.97 Å². The highest BCUT2D eigenvalue weighted by Gasteiger charge is 2.32. The van der Waals surface area contributed by atoms with Crippen molar-refractivity contribution >= 4 is 14.0 Å². The Labute approximate surface area is 85.5 Å². The molecule has 0 aromatic rings. The summed E-state index contributed by atoms with van der Waals surface area (Å²) in [7, 11) is -1.47. The first-order chi connectivity index (χ1) is 6.40. The summed E-state index contributed by atoms with van der Waals surface area (Å²) in [5, 5.41) is 9.63. The molecule has 1 heterocycles. The number of ether oxygens (including phenoxy) is 1. The van der Waals surface area contributed by atoms with Crippen LogP contribution in [0, 0.1) is 17.4 Å². The molecule has 0 radical (unpaired) electrons. The van der Waals surface area contributed by atoms with Gasteiger partial charge in [-0.2, -0.15) is 0 Å². The number of aliphatic hydroxyl groups excluding tert-OH is 1. The van der Waals surface area contributed by atoms with Crippen LogP contribution in [-0.2, 0) is 9.53 Å². The Hall–Kier alpha value is -0.793. The van der Waals surface area contributed by atoms with Crippen molar-refractivity contribution < 1.29 is 14.6 Å². The van der Waals surface area contributed by atoms with Gasteiger partial charge < -0.3 is 9.84 Å². The molecular weight excluding hydrogens is 196 g/mol. The van der Waals surface area contributed by atoms with Crippen LogP contribution in [0.25, 0.3) is 0 Å². The Kier molecular flexibility index (Phi) is 3.35. The molecule has 1 rings (SSSR count). The van der Waals surface area contributed by atoms with Crippen LogP contribution in [0.5, 0.6) is 0 Å². The molecule has 1 fully saturated rings. The molecule has 0 aliphatic carbocycles. The number of cyclic esters (lactones) is 1. The summed E-state index contributed by atoms with van der Waals surface area (Å²) >= 11 is 0. The summed E-state index contributed by atoms with van der Waals surface area (Å²) in [4.78, 5) is 11.1. The molecule has 0 aromatic carbocycles. The molecule has 0 amide bonds. The molecule has 1 aliphatic heterocycles. The summed E-state index contributed by atoms with van der Waals surface area (Å²) in [6.45, 7) is 6.70. The lowest BCUT2D eigenvalue weighted by molar-refractivity contribution is -0.143. The molecule has 2 atom stereocenters. The van der Waals surface area contributed by atoms with Gasteiger partial charge in [-0.05, 0) is 6.42 Å². The van der Waals surface area contributed by atoms with E-state index in [4.69, 9.17) is 4.74 Å². The summed E-state index contributed by atoms with van der Waals surface area (Å²) in [5.74, 6) is 2.01. The number of aliphatic hydroxyl groups is 1. The van der Waals surface area contributed by atoms with E-state index in [2.05, 4.69) is 31.1 Å². The van der Waals surface area contributed by atoms with E-state index in [1.165, 1.54) is 0 Å². The van der Waals surface area contributed by atoms with E-state index in [0.29, 0.717) is 13.0 Å². The van der Waals surface area contributed by atoms with Crippen molar-refractivity contribution in [3.63, 3.8) is 0 Å². The maximum absolute atomic E-state index is 11.1. The smallest absolute Gasteiger partial charge is 0.312 e. The zero-order chi connectivity index (χ0) is 10.8. The van der Waals surface area contributed by atoms with Crippen molar-refractivity contribution in [3.8, 4) is 11.5 Å². The zero-order valence-electron chi connectivity index (χ0n) is 8.83. The predicted octanol–water partition coefficient (Wildman–Crippen LogP) is 0.791. The van der Waals surface area contributed by atoms with E-state index < -0.39 is 20.1 Å². The highest BCUT2D eigenvalue weighted by molar-refractivity contribution is 6.83. The first kappa shape index (κ1) is 11.3. The van der Waals surface area contributed by atoms with Crippen LogP contribution in [0.2, 0.25) is 19.6 Å². The number of carbonyl (C=O) groups excluding carboxylic acids is 1. The molecule has 14 heavy (non-hydrogen) atoms. The van der Waals surface area contributed by atoms with E-state index >= 15 is 0 Å². The van der Waals surface area contributed by atoms with Gasteiger partial charge in [-0.1, -0.05) is 25.6 Å². The van der Waals surface area contributed by atoms with Crippen LogP contribution in [0.15, 0.2) is 0 Å². The highest BCUT2D eigenvalue weighted by atomic mass is 28.3. The molecule has 0 aromatic heterocycles. The quantitative estimate of drug-likeness (QED) is 0.397. The van der Waals surface area contributed by atoms with Crippen molar-refractivity contribution in [2.45, 2.75) is 32.2 Å². The molecular formula is C10H16O3Si. The second-order valence-corrected chi connectivity index (χ2v) is 9.28. The molecule has 0 unspecified atom stereocenters. The Morgan fingerprint density at radius 2 is 2.21 bits per heavy atom. The summed E-state index contributed by atoms with van der Waals surface area (Å²) < 4.78 is 4.76. The van der Waals surface area contributed by atoms with Crippen molar-refractivity contribution in [2.75, 3.05) is 6.61 Å². The summed E-state index contributed by atoms with van der Waals surface area (Å²) in [6, 6.07) is 0. The standard InChI is InChI=1S/C10H16O3Si/c1-14(2,3)7-5-9(11)8-4-6-13-10(8)12/h8-9,11H,4,6H2,1-3H3/t8-,9+/m1/s1. The largest absolute Gasteiger partial charge is 0.465 e. The number of hydrogen-bond donors (Lipinski definition) is 1. The average molecular weight is 212 g/mol. The van der Waals surface area contributed by atoms with Gasteiger partial charge in [0.1, 0.15) is 14.2 Å². The molecule has 0 spiro atoms. The van der Waals surface area contributed by atoms with Crippen molar-refractivity contribution in [1.29, 1.82) is 0 Å². The predicted molar refractivity (Wildman–Crippen MR) is 56.2 cm³/mol. The van der Waals surface area contributed by atoms with Crippen molar-refractivity contribution in [1.82, 2.24) is 0 Å². The van der Waals surface area contributed by atoms with Crippen LogP contribution in [-0.4, -0.2) is 31.9 Å². The second kappa shape index (κ2) is 4.16. The van der Waals surface area contributed by atoms with Gasteiger partial charge in [-0.25, -0.2) is 0 Å². The van der Waals surface area contributed by atoms with E-state index in [0.717, 1.165) is 0 Å². The number of hydrogen-bond acceptors (Lipinski definition) is 3. The topological polar surface area (TPSA) is 46.5 Å². The van der Waals surface area contributed by atoms with Gasteiger partial charge in [0.15, 0.2) is 0 Å². The van der Waals surface area contributed by atoms with Crippen LogP contribution < -0.4 is 0 Å². The fourth-order valence-corrected chi connectivity index (χ4v) is 1.77. The first-order valence-electron chi connectivity index (χ1n) is 4.77. The Bertz CT molecular complexity index is 282. The van der Waals surface area contributed by atoms with Crippen LogP contribution >= 0.6 is 0 Å². The van der Waals surface area contributed by atoms with Crippen LogP contribution in [0.3, 0.4) is 0 Å². The third kappa shape index (κ3) is 3.16. The molecule has 78 valence electrons. The Morgan fingerprint density at radius 1 is 1.57 bits per heavy atom. The number of esters is 1. The molecule has 0 saturated carbocycles. The molecule has 0 bridgehead atoms. The maximum Gasteiger partial charge on any atom is 0.312 e. The lowest BCUT2D eigenvalue weighted by Crippen LogP contribution is -2.24. The molecule has 1 N–H and O–H groups in total. The zero-order valence-corrected chi connectivity index (χ0v) is 9.83. The monoisotopic (exact) mass is 212 g/mol. The lowest BCUT2D eigenvalue weighted by atomic mass is 10.0. The fourth-order valence-electron chi connectivity index (χ4n) is 1.19. The minimum absolute atomic E-state index is 0.317. The average Bonchev–Trinajstić information content (AvgIpc) is 2.46. The highest BCUT2D eigenvalue weighted by Crippen LogP contribution is 2.18. The second-order valence-electron chi connectivity index (χ2n) is 4.53. The minimum Gasteiger partial charge on any atom is -0.465 e. The number of rotatable bonds is 1. The molecule has 4 heteroatoms. The maximum atomic E-state index is 11.1. The lowest BCUT2D eigenvalue weighted by Gasteiger charge is -2.09. The van der Waals surface area contributed by atoms with Gasteiger partial charge in [0.2, 0.25) is 0 Å². The van der Waals surface area contributed by atoms with Gasteiger partial charge in [-0.15, -0.1) is 5.54 Å². The van der Waals surface area contributed by atoms with E-state index in [1.54, 1.807) is 0 Å². The third-order valence-electron chi connectivity index (χ3n) is 1.95. The fraction of sp³-hybridized carbons (Fsp3) is 0.700. The van der Waals surface area contributed by atoms with E-state index in [9.17, 15) is 9.90 Å². The SMILES string of the molecule is C[Si](C)(C)C#C[C@H](O)[C@H]1CCOC1=O.